The van der Waals surface area contributed by atoms with Crippen LogP contribution in [0, 0.1) is 5.92 Å². The van der Waals surface area contributed by atoms with Gasteiger partial charge in [0.05, 0.1) is 0 Å². The van der Waals surface area contributed by atoms with Crippen LogP contribution in [-0.4, -0.2) is 22.9 Å². The summed E-state index contributed by atoms with van der Waals surface area (Å²) >= 11 is 0. The fourth-order valence-corrected chi connectivity index (χ4v) is 2.28. The molecular weight excluding hydrogens is 228 g/mol. The standard InChI is InChI=1S/C10H14F4O2/c11-9(10(12,13)14)6-2-4-7(9)3-1-5-8(15)16/h7H,1-6H2,(H,15,16). The molecule has 0 bridgehead atoms. The molecule has 0 radical (unpaired) electrons. The van der Waals surface area contributed by atoms with Crippen LogP contribution in [0.5, 0.6) is 0 Å². The van der Waals surface area contributed by atoms with Crippen LogP contribution in [-0.2, 0) is 4.79 Å². The summed E-state index contributed by atoms with van der Waals surface area (Å²) in [4.78, 5) is 10.2. The number of halogens is 4. The fraction of sp³-hybridized carbons (Fsp3) is 0.900. The highest BCUT2D eigenvalue weighted by Gasteiger charge is 2.61. The van der Waals surface area contributed by atoms with E-state index in [0.717, 1.165) is 0 Å². The first-order chi connectivity index (χ1) is 7.27. The van der Waals surface area contributed by atoms with Gasteiger partial charge in [-0.3, -0.25) is 4.79 Å². The Morgan fingerprint density at radius 2 is 2.06 bits per heavy atom. The third-order valence-electron chi connectivity index (χ3n) is 3.15. The average Bonchev–Trinajstić information content (AvgIpc) is 2.47. The van der Waals surface area contributed by atoms with Crippen molar-refractivity contribution in [2.45, 2.75) is 50.4 Å². The molecule has 1 N–H and O–H groups in total. The second-order valence-corrected chi connectivity index (χ2v) is 4.24. The lowest BCUT2D eigenvalue weighted by atomic mass is 9.87. The number of carbonyl (C=O) groups is 1. The molecule has 1 aliphatic rings. The maximum Gasteiger partial charge on any atom is 0.422 e. The molecule has 0 spiro atoms. The summed E-state index contributed by atoms with van der Waals surface area (Å²) in [5.74, 6) is -2.14. The Kier molecular flexibility index (Phi) is 3.80. The minimum absolute atomic E-state index is 0.0116. The summed E-state index contributed by atoms with van der Waals surface area (Å²) in [5, 5.41) is 8.36. The van der Waals surface area contributed by atoms with Crippen LogP contribution in [0.3, 0.4) is 0 Å². The molecule has 2 unspecified atom stereocenters. The lowest BCUT2D eigenvalue weighted by molar-refractivity contribution is -0.242. The number of rotatable bonds is 4. The molecule has 2 nitrogen and oxygen atoms in total. The molecule has 0 aromatic carbocycles. The molecule has 16 heavy (non-hydrogen) atoms. The van der Waals surface area contributed by atoms with Gasteiger partial charge in [-0.1, -0.05) is 0 Å². The Hall–Kier alpha value is -0.810. The van der Waals surface area contributed by atoms with E-state index in [-0.39, 0.29) is 32.1 Å². The number of hydrogen-bond acceptors (Lipinski definition) is 1. The molecule has 0 aliphatic heterocycles. The van der Waals surface area contributed by atoms with Crippen molar-refractivity contribution >= 4 is 5.97 Å². The first-order valence-corrected chi connectivity index (χ1v) is 5.25. The van der Waals surface area contributed by atoms with E-state index in [4.69, 9.17) is 5.11 Å². The third-order valence-corrected chi connectivity index (χ3v) is 3.15. The van der Waals surface area contributed by atoms with Gasteiger partial charge in [0.25, 0.3) is 0 Å². The van der Waals surface area contributed by atoms with E-state index >= 15 is 0 Å². The Morgan fingerprint density at radius 3 is 2.56 bits per heavy atom. The first kappa shape index (κ1) is 13.3. The molecule has 1 fully saturated rings. The summed E-state index contributed by atoms with van der Waals surface area (Å²) in [5.41, 5.74) is -3.11. The van der Waals surface area contributed by atoms with Crippen LogP contribution in [0.1, 0.15) is 38.5 Å². The van der Waals surface area contributed by atoms with Crippen molar-refractivity contribution in [3.05, 3.63) is 0 Å². The summed E-state index contributed by atoms with van der Waals surface area (Å²) < 4.78 is 51.2. The summed E-state index contributed by atoms with van der Waals surface area (Å²) in [6, 6.07) is 0. The molecule has 1 saturated carbocycles. The second-order valence-electron chi connectivity index (χ2n) is 4.24. The predicted molar refractivity (Wildman–Crippen MR) is 48.7 cm³/mol. The maximum atomic E-state index is 13.7. The number of aliphatic carboxylic acids is 1. The van der Waals surface area contributed by atoms with E-state index in [0.29, 0.717) is 0 Å². The number of carboxylic acids is 1. The van der Waals surface area contributed by atoms with Crippen molar-refractivity contribution < 1.29 is 27.5 Å². The molecule has 0 amide bonds. The van der Waals surface area contributed by atoms with Gasteiger partial charge in [-0.25, -0.2) is 4.39 Å². The van der Waals surface area contributed by atoms with Gasteiger partial charge in [0, 0.05) is 12.3 Å². The predicted octanol–water partition coefficient (Wildman–Crippen LogP) is 3.31. The van der Waals surface area contributed by atoms with Crippen LogP contribution < -0.4 is 0 Å². The molecule has 1 aliphatic carbocycles. The zero-order valence-corrected chi connectivity index (χ0v) is 8.69. The van der Waals surface area contributed by atoms with Gasteiger partial charge in [-0.2, -0.15) is 13.2 Å². The average molecular weight is 242 g/mol. The van der Waals surface area contributed by atoms with Crippen LogP contribution >= 0.6 is 0 Å². The second kappa shape index (κ2) is 4.59. The van der Waals surface area contributed by atoms with Crippen LogP contribution in [0.2, 0.25) is 0 Å². The van der Waals surface area contributed by atoms with Gasteiger partial charge in [0.1, 0.15) is 0 Å². The van der Waals surface area contributed by atoms with Gasteiger partial charge >= 0.3 is 12.1 Å². The molecule has 0 heterocycles. The van der Waals surface area contributed by atoms with Crippen LogP contribution in [0.4, 0.5) is 17.6 Å². The summed E-state index contributed by atoms with van der Waals surface area (Å²) in [7, 11) is 0. The number of carboxylic acid groups (broad SMARTS) is 1. The Morgan fingerprint density at radius 1 is 1.44 bits per heavy atom. The van der Waals surface area contributed by atoms with E-state index in [9.17, 15) is 22.4 Å². The van der Waals surface area contributed by atoms with Crippen LogP contribution in [0.25, 0.3) is 0 Å². The Balaban J connectivity index is 2.56. The molecule has 0 saturated heterocycles. The fourth-order valence-electron chi connectivity index (χ4n) is 2.28. The van der Waals surface area contributed by atoms with E-state index in [1.165, 1.54) is 0 Å². The lowest BCUT2D eigenvalue weighted by Gasteiger charge is -2.29. The molecular formula is C10H14F4O2. The van der Waals surface area contributed by atoms with Crippen molar-refractivity contribution in [1.29, 1.82) is 0 Å². The highest BCUT2D eigenvalue weighted by atomic mass is 19.4. The SMILES string of the molecule is O=C(O)CCCC1CCCC1(F)C(F)(F)F. The van der Waals surface area contributed by atoms with Crippen molar-refractivity contribution in [3.8, 4) is 0 Å². The third kappa shape index (κ3) is 2.65. The number of hydrogen-bond donors (Lipinski definition) is 1. The summed E-state index contributed by atoms with van der Waals surface area (Å²) in [6.07, 6.45) is -5.04. The van der Waals surface area contributed by atoms with Crippen molar-refractivity contribution in [3.63, 3.8) is 0 Å². The van der Waals surface area contributed by atoms with Crippen LogP contribution in [0.15, 0.2) is 0 Å². The lowest BCUT2D eigenvalue weighted by Crippen LogP contribution is -2.44. The largest absolute Gasteiger partial charge is 0.481 e. The van der Waals surface area contributed by atoms with E-state index in [1.54, 1.807) is 0 Å². The van der Waals surface area contributed by atoms with Gasteiger partial charge in [-0.05, 0) is 32.1 Å². The monoisotopic (exact) mass is 242 g/mol. The normalized spacial score (nSPS) is 30.6. The number of alkyl halides is 4. The molecule has 1 rings (SSSR count). The molecule has 0 aromatic heterocycles. The minimum atomic E-state index is -4.84. The highest BCUT2D eigenvalue weighted by Crippen LogP contribution is 2.51. The minimum Gasteiger partial charge on any atom is -0.481 e. The first-order valence-electron chi connectivity index (χ1n) is 5.25. The van der Waals surface area contributed by atoms with Crippen molar-refractivity contribution in [1.82, 2.24) is 0 Å². The maximum absolute atomic E-state index is 13.7. The molecule has 2 atom stereocenters. The van der Waals surface area contributed by atoms with Gasteiger partial charge in [-0.15, -0.1) is 0 Å². The molecule has 0 aromatic rings. The topological polar surface area (TPSA) is 37.3 Å². The molecule has 6 heteroatoms. The Labute approximate surface area is 90.6 Å². The smallest absolute Gasteiger partial charge is 0.422 e. The zero-order chi connectivity index (χ0) is 12.4. The van der Waals surface area contributed by atoms with E-state index < -0.39 is 30.2 Å². The van der Waals surface area contributed by atoms with E-state index in [1.807, 2.05) is 0 Å². The highest BCUT2D eigenvalue weighted by molar-refractivity contribution is 5.66. The molecule has 94 valence electrons. The quantitative estimate of drug-likeness (QED) is 0.768. The summed E-state index contributed by atoms with van der Waals surface area (Å²) in [6.45, 7) is 0. The zero-order valence-electron chi connectivity index (χ0n) is 8.69. The van der Waals surface area contributed by atoms with Gasteiger partial charge in [0.2, 0.25) is 5.67 Å². The Bertz CT molecular complexity index is 264. The van der Waals surface area contributed by atoms with Crippen molar-refractivity contribution in [2.75, 3.05) is 0 Å². The van der Waals surface area contributed by atoms with E-state index in [2.05, 4.69) is 0 Å². The van der Waals surface area contributed by atoms with Gasteiger partial charge < -0.3 is 5.11 Å². The van der Waals surface area contributed by atoms with Gasteiger partial charge in [0.15, 0.2) is 0 Å². The van der Waals surface area contributed by atoms with Crippen molar-refractivity contribution in [2.24, 2.45) is 5.92 Å².